The van der Waals surface area contributed by atoms with Gasteiger partial charge in [0.1, 0.15) is 5.82 Å². The third kappa shape index (κ3) is 4.56. The first-order valence-corrected chi connectivity index (χ1v) is 10.1. The third-order valence-electron chi connectivity index (χ3n) is 5.23. The van der Waals surface area contributed by atoms with E-state index in [1.165, 1.54) is 28.8 Å². The molecule has 1 heterocycles. The first-order chi connectivity index (χ1) is 14.6. The van der Waals surface area contributed by atoms with Gasteiger partial charge in [0.2, 0.25) is 5.91 Å². The molecule has 0 aliphatic heterocycles. The average Bonchev–Trinajstić information content (AvgIpc) is 2.77. The molecule has 0 aliphatic rings. The van der Waals surface area contributed by atoms with Crippen molar-refractivity contribution in [3.05, 3.63) is 96.2 Å². The molecular weight excluding hydrogens is 370 g/mol. The van der Waals surface area contributed by atoms with Crippen LogP contribution in [0.1, 0.15) is 31.0 Å². The van der Waals surface area contributed by atoms with E-state index in [1.807, 2.05) is 12.1 Å². The van der Waals surface area contributed by atoms with Gasteiger partial charge in [0.25, 0.3) is 0 Å². The summed E-state index contributed by atoms with van der Waals surface area (Å²) >= 11 is 0. The van der Waals surface area contributed by atoms with E-state index in [0.717, 1.165) is 17.7 Å². The minimum absolute atomic E-state index is 0.122. The predicted octanol–water partition coefficient (Wildman–Crippen LogP) is 5.71. The quantitative estimate of drug-likeness (QED) is 0.440. The van der Waals surface area contributed by atoms with Crippen LogP contribution in [-0.2, 0) is 11.3 Å². The Morgan fingerprint density at radius 2 is 1.73 bits per heavy atom. The number of pyridine rings is 1. The average molecular weight is 396 g/mol. The lowest BCUT2D eigenvalue weighted by Crippen LogP contribution is -2.18. The lowest BCUT2D eigenvalue weighted by molar-refractivity contribution is -0.114. The second-order valence-corrected chi connectivity index (χ2v) is 7.48. The Morgan fingerprint density at radius 1 is 0.933 bits per heavy atom. The molecule has 1 unspecified atom stereocenters. The Bertz CT molecular complexity index is 1160. The van der Waals surface area contributed by atoms with E-state index in [0.29, 0.717) is 5.82 Å². The van der Waals surface area contributed by atoms with Crippen LogP contribution in [0.25, 0.3) is 21.9 Å². The van der Waals surface area contributed by atoms with Gasteiger partial charge in [-0.1, -0.05) is 60.7 Å². The highest BCUT2D eigenvalue weighted by atomic mass is 16.1. The number of aromatic nitrogens is 1. The zero-order chi connectivity index (χ0) is 20.9. The molecule has 0 spiro atoms. The molecule has 0 fully saturated rings. The molecule has 0 aliphatic carbocycles. The van der Waals surface area contributed by atoms with Crippen molar-refractivity contribution in [1.29, 1.82) is 0 Å². The number of hydrogen-bond donors (Lipinski definition) is 2. The Balaban J connectivity index is 1.47. The molecule has 3 aromatic carbocycles. The van der Waals surface area contributed by atoms with Crippen LogP contribution < -0.4 is 10.6 Å². The Morgan fingerprint density at radius 3 is 2.53 bits per heavy atom. The van der Waals surface area contributed by atoms with Crippen LogP contribution in [0.5, 0.6) is 0 Å². The van der Waals surface area contributed by atoms with E-state index >= 15 is 0 Å². The monoisotopic (exact) mass is 395 g/mol. The fourth-order valence-corrected chi connectivity index (χ4v) is 3.69. The maximum atomic E-state index is 11.2. The van der Waals surface area contributed by atoms with Crippen LogP contribution >= 0.6 is 0 Å². The van der Waals surface area contributed by atoms with Crippen molar-refractivity contribution in [3.8, 4) is 11.1 Å². The highest BCUT2D eigenvalue weighted by Gasteiger charge is 2.09. The minimum atomic E-state index is -0.122. The van der Waals surface area contributed by atoms with Gasteiger partial charge >= 0.3 is 0 Å². The Hall–Kier alpha value is -3.50. The minimum Gasteiger partial charge on any atom is -0.311 e. The number of anilines is 1. The Kier molecular flexibility index (Phi) is 5.87. The van der Waals surface area contributed by atoms with Crippen molar-refractivity contribution in [3.63, 3.8) is 0 Å². The number of carbonyl (C=O) groups is 1. The summed E-state index contributed by atoms with van der Waals surface area (Å²) in [5, 5.41) is 8.90. The molecule has 0 saturated heterocycles. The largest absolute Gasteiger partial charge is 0.311 e. The van der Waals surface area contributed by atoms with Crippen LogP contribution in [0.2, 0.25) is 0 Å². The second-order valence-electron chi connectivity index (χ2n) is 7.48. The molecule has 4 rings (SSSR count). The van der Waals surface area contributed by atoms with E-state index in [2.05, 4.69) is 89.3 Å². The summed E-state index contributed by atoms with van der Waals surface area (Å²) in [6.45, 7) is 4.46. The highest BCUT2D eigenvalue weighted by molar-refractivity contribution is 5.88. The van der Waals surface area contributed by atoms with Gasteiger partial charge in [-0.05, 0) is 52.6 Å². The first kappa shape index (κ1) is 19.8. The number of carbonyl (C=O) groups excluding carboxylic acids is 1. The van der Waals surface area contributed by atoms with Crippen LogP contribution in [-0.4, -0.2) is 10.9 Å². The lowest BCUT2D eigenvalue weighted by atomic mass is 9.99. The van der Waals surface area contributed by atoms with E-state index < -0.39 is 0 Å². The number of fused-ring (bicyclic) bond motifs is 1. The SMILES string of the molecule is CC(=O)Nc1ccc(-c2cccc(CNC(C)c3cccc4ccccc34)c2)cn1. The summed E-state index contributed by atoms with van der Waals surface area (Å²) in [5.74, 6) is 0.441. The van der Waals surface area contributed by atoms with Gasteiger partial charge in [-0.25, -0.2) is 4.98 Å². The van der Waals surface area contributed by atoms with Crippen molar-refractivity contribution in [2.45, 2.75) is 26.4 Å². The van der Waals surface area contributed by atoms with Crippen LogP contribution in [0.3, 0.4) is 0 Å². The number of hydrogen-bond acceptors (Lipinski definition) is 3. The molecular formula is C26H25N3O. The van der Waals surface area contributed by atoms with Gasteiger partial charge < -0.3 is 10.6 Å². The molecule has 2 N–H and O–H groups in total. The topological polar surface area (TPSA) is 54.0 Å². The highest BCUT2D eigenvalue weighted by Crippen LogP contribution is 2.25. The smallest absolute Gasteiger partial charge is 0.222 e. The molecule has 4 aromatic rings. The van der Waals surface area contributed by atoms with Gasteiger partial charge in [0.05, 0.1) is 0 Å². The number of rotatable bonds is 6. The van der Waals surface area contributed by atoms with Crippen LogP contribution in [0, 0.1) is 0 Å². The number of nitrogens with zero attached hydrogens (tertiary/aromatic N) is 1. The van der Waals surface area contributed by atoms with Crippen LogP contribution in [0.15, 0.2) is 85.1 Å². The number of amides is 1. The summed E-state index contributed by atoms with van der Waals surface area (Å²) in [6, 6.07) is 27.5. The van der Waals surface area contributed by atoms with Gasteiger partial charge in [-0.2, -0.15) is 0 Å². The summed E-state index contributed by atoms with van der Waals surface area (Å²) in [5.41, 5.74) is 4.65. The molecule has 4 heteroatoms. The van der Waals surface area contributed by atoms with Crippen LogP contribution in [0.4, 0.5) is 5.82 Å². The summed E-state index contributed by atoms with van der Waals surface area (Å²) in [4.78, 5) is 15.5. The summed E-state index contributed by atoms with van der Waals surface area (Å²) in [7, 11) is 0. The summed E-state index contributed by atoms with van der Waals surface area (Å²) in [6.07, 6.45) is 1.79. The first-order valence-electron chi connectivity index (χ1n) is 10.1. The lowest BCUT2D eigenvalue weighted by Gasteiger charge is -2.17. The number of nitrogens with one attached hydrogen (secondary N) is 2. The molecule has 0 bridgehead atoms. The van der Waals surface area contributed by atoms with E-state index in [-0.39, 0.29) is 11.9 Å². The molecule has 30 heavy (non-hydrogen) atoms. The van der Waals surface area contributed by atoms with E-state index in [9.17, 15) is 4.79 Å². The van der Waals surface area contributed by atoms with Gasteiger partial charge in [0, 0.05) is 31.3 Å². The zero-order valence-electron chi connectivity index (χ0n) is 17.2. The maximum absolute atomic E-state index is 11.2. The molecule has 0 radical (unpaired) electrons. The molecule has 150 valence electrons. The van der Waals surface area contributed by atoms with Gasteiger partial charge in [-0.3, -0.25) is 4.79 Å². The van der Waals surface area contributed by atoms with Gasteiger partial charge in [-0.15, -0.1) is 0 Å². The van der Waals surface area contributed by atoms with E-state index in [4.69, 9.17) is 0 Å². The maximum Gasteiger partial charge on any atom is 0.222 e. The second kappa shape index (κ2) is 8.89. The normalized spacial score (nSPS) is 11.9. The zero-order valence-corrected chi connectivity index (χ0v) is 17.2. The standard InChI is InChI=1S/C26H25N3O/c1-18(24-12-6-9-21-8-3-4-11-25(21)24)27-16-20-7-5-10-22(15-20)23-13-14-26(28-17-23)29-19(2)30/h3-15,17-18,27H,16H2,1-2H3,(H,28,29,30). The molecule has 4 nitrogen and oxygen atoms in total. The van der Waals surface area contributed by atoms with Crippen molar-refractivity contribution in [1.82, 2.24) is 10.3 Å². The van der Waals surface area contributed by atoms with Crippen molar-refractivity contribution < 1.29 is 4.79 Å². The molecule has 0 saturated carbocycles. The Labute approximate surface area is 177 Å². The summed E-state index contributed by atoms with van der Waals surface area (Å²) < 4.78 is 0. The third-order valence-corrected chi connectivity index (χ3v) is 5.23. The molecule has 1 amide bonds. The predicted molar refractivity (Wildman–Crippen MR) is 123 cm³/mol. The number of benzene rings is 3. The fraction of sp³-hybridized carbons (Fsp3) is 0.154. The van der Waals surface area contributed by atoms with Gasteiger partial charge in [0.15, 0.2) is 0 Å². The van der Waals surface area contributed by atoms with Crippen molar-refractivity contribution >= 4 is 22.5 Å². The molecule has 1 atom stereocenters. The van der Waals surface area contributed by atoms with Crippen molar-refractivity contribution in [2.75, 3.05) is 5.32 Å². The van der Waals surface area contributed by atoms with E-state index in [1.54, 1.807) is 6.20 Å². The van der Waals surface area contributed by atoms with Crippen molar-refractivity contribution in [2.24, 2.45) is 0 Å². The fourth-order valence-electron chi connectivity index (χ4n) is 3.69. The molecule has 1 aromatic heterocycles.